The van der Waals surface area contributed by atoms with E-state index >= 15 is 0 Å². The highest BCUT2D eigenvalue weighted by molar-refractivity contribution is 6.33. The number of nitrogens with one attached hydrogen (secondary N) is 1. The molecule has 0 fully saturated rings. The molecule has 0 aliphatic heterocycles. The average Bonchev–Trinajstić information content (AvgIpc) is 2.75. The molecule has 2 heterocycles. The predicted octanol–water partition coefficient (Wildman–Crippen LogP) is 0.981. The summed E-state index contributed by atoms with van der Waals surface area (Å²) in [5.74, 6) is -0.125. The number of nitrogen functional groups attached to an aromatic ring is 1. The average molecular weight is 266 g/mol. The van der Waals surface area contributed by atoms with E-state index < -0.39 is 0 Å². The summed E-state index contributed by atoms with van der Waals surface area (Å²) in [5.41, 5.74) is 6.38. The minimum Gasteiger partial charge on any atom is -0.384 e. The Bertz CT molecular complexity index is 581. The smallest absolute Gasteiger partial charge is 0.271 e. The van der Waals surface area contributed by atoms with Gasteiger partial charge in [-0.05, 0) is 18.2 Å². The molecule has 1 amide bonds. The van der Waals surface area contributed by atoms with Crippen LogP contribution in [0, 0.1) is 0 Å². The molecule has 0 bridgehead atoms. The van der Waals surface area contributed by atoms with Crippen molar-refractivity contribution in [2.45, 2.75) is 6.54 Å². The molecule has 2 aromatic heterocycles. The summed E-state index contributed by atoms with van der Waals surface area (Å²) in [6.45, 7) is 0.312. The van der Waals surface area contributed by atoms with Crippen molar-refractivity contribution in [3.05, 3.63) is 40.8 Å². The maximum atomic E-state index is 11.8. The highest BCUT2D eigenvalue weighted by Crippen LogP contribution is 2.15. The zero-order chi connectivity index (χ0) is 13.1. The number of amides is 1. The molecule has 2 rings (SSSR count). The van der Waals surface area contributed by atoms with Gasteiger partial charge in [-0.15, -0.1) is 0 Å². The van der Waals surface area contributed by atoms with Crippen LogP contribution < -0.4 is 11.1 Å². The van der Waals surface area contributed by atoms with Crippen molar-refractivity contribution in [3.8, 4) is 0 Å². The van der Waals surface area contributed by atoms with E-state index in [0.717, 1.165) is 5.69 Å². The molecule has 0 aliphatic rings. The minimum absolute atomic E-state index is 0.118. The van der Waals surface area contributed by atoms with E-state index in [4.69, 9.17) is 17.3 Å². The number of nitrogens with zero attached hydrogens (tertiary/aromatic N) is 3. The van der Waals surface area contributed by atoms with E-state index in [9.17, 15) is 4.79 Å². The fourth-order valence-electron chi connectivity index (χ4n) is 1.43. The lowest BCUT2D eigenvalue weighted by molar-refractivity contribution is 0.0945. The first-order valence-corrected chi connectivity index (χ1v) is 5.63. The molecule has 7 heteroatoms. The van der Waals surface area contributed by atoms with E-state index in [-0.39, 0.29) is 22.4 Å². The Kier molecular flexibility index (Phi) is 3.47. The Labute approximate surface area is 109 Å². The summed E-state index contributed by atoms with van der Waals surface area (Å²) in [5, 5.41) is 7.09. The summed E-state index contributed by atoms with van der Waals surface area (Å²) in [7, 11) is 1.81. The van der Waals surface area contributed by atoms with Crippen LogP contribution in [-0.2, 0) is 13.6 Å². The van der Waals surface area contributed by atoms with E-state index in [1.807, 2.05) is 13.1 Å². The van der Waals surface area contributed by atoms with Gasteiger partial charge in [0, 0.05) is 13.2 Å². The number of anilines is 1. The molecule has 18 heavy (non-hydrogen) atoms. The molecule has 0 spiro atoms. The number of halogens is 1. The lowest BCUT2D eigenvalue weighted by atomic mass is 10.3. The van der Waals surface area contributed by atoms with E-state index in [1.165, 1.54) is 6.07 Å². The number of carbonyl (C=O) groups is 1. The maximum absolute atomic E-state index is 11.8. The number of nitrogens with two attached hydrogens (primary N) is 1. The summed E-state index contributed by atoms with van der Waals surface area (Å²) in [6.07, 6.45) is 1.80. The molecule has 0 radical (unpaired) electrons. The van der Waals surface area contributed by atoms with Gasteiger partial charge in [0.25, 0.3) is 5.91 Å². The highest BCUT2D eigenvalue weighted by Gasteiger charge is 2.12. The molecule has 94 valence electrons. The number of hydrogen-bond donors (Lipinski definition) is 2. The third-order valence-corrected chi connectivity index (χ3v) is 2.59. The molecule has 0 aromatic carbocycles. The van der Waals surface area contributed by atoms with Crippen molar-refractivity contribution in [2.24, 2.45) is 7.05 Å². The Balaban J connectivity index is 2.05. The van der Waals surface area contributed by atoms with Gasteiger partial charge in [-0.25, -0.2) is 4.98 Å². The fraction of sp³-hybridized carbons (Fsp3) is 0.182. The normalized spacial score (nSPS) is 10.3. The van der Waals surface area contributed by atoms with Crippen molar-refractivity contribution in [3.63, 3.8) is 0 Å². The van der Waals surface area contributed by atoms with Crippen molar-refractivity contribution in [2.75, 3.05) is 5.73 Å². The third kappa shape index (κ3) is 2.78. The van der Waals surface area contributed by atoms with E-state index in [2.05, 4.69) is 15.4 Å². The summed E-state index contributed by atoms with van der Waals surface area (Å²) >= 11 is 5.88. The predicted molar refractivity (Wildman–Crippen MR) is 68.0 cm³/mol. The number of aryl methyl sites for hydroxylation is 1. The molecular weight excluding hydrogens is 254 g/mol. The molecule has 3 N–H and O–H groups in total. The van der Waals surface area contributed by atoms with Gasteiger partial charge in [0.2, 0.25) is 0 Å². The molecule has 0 aliphatic carbocycles. The first-order chi connectivity index (χ1) is 8.56. The molecule has 0 unspecified atom stereocenters. The second kappa shape index (κ2) is 5.05. The molecule has 6 nitrogen and oxygen atoms in total. The van der Waals surface area contributed by atoms with Crippen LogP contribution in [0.15, 0.2) is 24.4 Å². The Morgan fingerprint density at radius 1 is 1.50 bits per heavy atom. The van der Waals surface area contributed by atoms with Crippen LogP contribution in [0.2, 0.25) is 5.02 Å². The standard InChI is InChI=1S/C11H12ClN5O/c1-17-5-4-7(16-17)6-14-11(18)10-8(12)2-3-9(13)15-10/h2-5H,6H2,1H3,(H2,13,15)(H,14,18). The van der Waals surface area contributed by atoms with Gasteiger partial charge in [0.15, 0.2) is 0 Å². The van der Waals surface area contributed by atoms with Gasteiger partial charge in [0.1, 0.15) is 11.5 Å². The second-order valence-electron chi connectivity index (χ2n) is 3.73. The molecule has 0 saturated carbocycles. The van der Waals surface area contributed by atoms with Crippen molar-refractivity contribution >= 4 is 23.3 Å². The SMILES string of the molecule is Cn1ccc(CNC(=O)c2nc(N)ccc2Cl)n1. The largest absolute Gasteiger partial charge is 0.384 e. The third-order valence-electron chi connectivity index (χ3n) is 2.28. The molecule has 0 saturated heterocycles. The lowest BCUT2D eigenvalue weighted by Gasteiger charge is -2.05. The Morgan fingerprint density at radius 3 is 2.94 bits per heavy atom. The van der Waals surface area contributed by atoms with Crippen LogP contribution in [0.5, 0.6) is 0 Å². The first-order valence-electron chi connectivity index (χ1n) is 5.25. The molecule has 0 atom stereocenters. The maximum Gasteiger partial charge on any atom is 0.271 e. The summed E-state index contributed by atoms with van der Waals surface area (Å²) < 4.78 is 1.66. The minimum atomic E-state index is -0.377. The molecular formula is C11H12ClN5O. The van der Waals surface area contributed by atoms with Crippen molar-refractivity contribution in [1.82, 2.24) is 20.1 Å². The first kappa shape index (κ1) is 12.4. The van der Waals surface area contributed by atoms with Gasteiger partial charge in [-0.3, -0.25) is 9.48 Å². The van der Waals surface area contributed by atoms with Gasteiger partial charge in [0.05, 0.1) is 17.3 Å². The molecule has 2 aromatic rings. The van der Waals surface area contributed by atoms with Crippen LogP contribution in [0.3, 0.4) is 0 Å². The highest BCUT2D eigenvalue weighted by atomic mass is 35.5. The Hall–Kier alpha value is -2.08. The van der Waals surface area contributed by atoms with Gasteiger partial charge < -0.3 is 11.1 Å². The summed E-state index contributed by atoms with van der Waals surface area (Å²) in [6, 6.07) is 4.89. The van der Waals surface area contributed by atoms with Gasteiger partial charge in [-0.2, -0.15) is 5.10 Å². The van der Waals surface area contributed by atoms with E-state index in [1.54, 1.807) is 16.9 Å². The van der Waals surface area contributed by atoms with Gasteiger partial charge in [-0.1, -0.05) is 11.6 Å². The Morgan fingerprint density at radius 2 is 2.28 bits per heavy atom. The number of pyridine rings is 1. The zero-order valence-electron chi connectivity index (χ0n) is 9.72. The fourth-order valence-corrected chi connectivity index (χ4v) is 1.62. The van der Waals surface area contributed by atoms with Crippen molar-refractivity contribution < 1.29 is 4.79 Å². The van der Waals surface area contributed by atoms with Crippen LogP contribution in [0.25, 0.3) is 0 Å². The topological polar surface area (TPSA) is 85.8 Å². The quantitative estimate of drug-likeness (QED) is 0.866. The number of rotatable bonds is 3. The van der Waals surface area contributed by atoms with Gasteiger partial charge >= 0.3 is 0 Å². The van der Waals surface area contributed by atoms with Crippen molar-refractivity contribution in [1.29, 1.82) is 0 Å². The monoisotopic (exact) mass is 265 g/mol. The zero-order valence-corrected chi connectivity index (χ0v) is 10.5. The number of aromatic nitrogens is 3. The second-order valence-corrected chi connectivity index (χ2v) is 4.14. The lowest BCUT2D eigenvalue weighted by Crippen LogP contribution is -2.24. The van der Waals surface area contributed by atoms with E-state index in [0.29, 0.717) is 6.54 Å². The van der Waals surface area contributed by atoms with Crippen LogP contribution in [0.1, 0.15) is 16.2 Å². The summed E-state index contributed by atoms with van der Waals surface area (Å²) in [4.78, 5) is 15.7. The number of hydrogen-bond acceptors (Lipinski definition) is 4. The number of carbonyl (C=O) groups excluding carboxylic acids is 1. The van der Waals surface area contributed by atoms with Crippen LogP contribution in [-0.4, -0.2) is 20.7 Å². The van der Waals surface area contributed by atoms with Crippen LogP contribution in [0.4, 0.5) is 5.82 Å². The van der Waals surface area contributed by atoms with Crippen LogP contribution >= 0.6 is 11.6 Å².